The third kappa shape index (κ3) is 2.67. The van der Waals surface area contributed by atoms with Crippen LogP contribution in [0.3, 0.4) is 0 Å². The van der Waals surface area contributed by atoms with E-state index in [1.165, 1.54) is 0 Å². The van der Waals surface area contributed by atoms with E-state index in [-0.39, 0.29) is 0 Å². The minimum absolute atomic E-state index is 0.314. The molecule has 1 aromatic rings. The van der Waals surface area contributed by atoms with Crippen LogP contribution < -0.4 is 0 Å². The third-order valence-electron chi connectivity index (χ3n) is 2.93. The minimum atomic E-state index is 0.314. The van der Waals surface area contributed by atoms with Gasteiger partial charge in [0.05, 0.1) is 4.88 Å². The van der Waals surface area contributed by atoms with Crippen molar-refractivity contribution < 1.29 is 9.53 Å². The molecule has 2 rings (SSSR count). The van der Waals surface area contributed by atoms with Crippen molar-refractivity contribution in [1.29, 1.82) is 0 Å². The molecule has 2 nitrogen and oxygen atoms in total. The summed E-state index contributed by atoms with van der Waals surface area (Å²) in [5, 5.41) is 1.99. The Morgan fingerprint density at radius 2 is 2.27 bits per heavy atom. The fourth-order valence-corrected chi connectivity index (χ4v) is 2.84. The summed E-state index contributed by atoms with van der Waals surface area (Å²) in [7, 11) is 0. The number of carbonyl (C=O) groups is 1. The third-order valence-corrected chi connectivity index (χ3v) is 3.99. The second-order valence-electron chi connectivity index (χ2n) is 4.12. The highest BCUT2D eigenvalue weighted by atomic mass is 32.1. The first-order valence-corrected chi connectivity index (χ1v) is 6.30. The summed E-state index contributed by atoms with van der Waals surface area (Å²) in [6.45, 7) is 3.65. The van der Waals surface area contributed by atoms with Gasteiger partial charge in [0.15, 0.2) is 5.78 Å². The second kappa shape index (κ2) is 4.90. The van der Waals surface area contributed by atoms with Gasteiger partial charge in [0, 0.05) is 19.6 Å². The average Bonchev–Trinajstić information content (AvgIpc) is 2.66. The van der Waals surface area contributed by atoms with E-state index in [4.69, 9.17) is 4.74 Å². The zero-order chi connectivity index (χ0) is 10.7. The van der Waals surface area contributed by atoms with Gasteiger partial charge in [0.2, 0.25) is 0 Å². The van der Waals surface area contributed by atoms with Gasteiger partial charge in [-0.05, 0) is 42.7 Å². The molecule has 1 fully saturated rings. The van der Waals surface area contributed by atoms with Gasteiger partial charge in [-0.2, -0.15) is 0 Å². The molecule has 0 spiro atoms. The summed E-state index contributed by atoms with van der Waals surface area (Å²) in [6, 6.07) is 2.02. The van der Waals surface area contributed by atoms with Crippen molar-refractivity contribution in [1.82, 2.24) is 0 Å². The van der Waals surface area contributed by atoms with Crippen molar-refractivity contribution in [2.24, 2.45) is 5.92 Å². The Bertz CT molecular complexity index is 337. The topological polar surface area (TPSA) is 26.3 Å². The van der Waals surface area contributed by atoms with Gasteiger partial charge in [-0.15, -0.1) is 11.3 Å². The molecular formula is C12H16O2S. The van der Waals surface area contributed by atoms with E-state index in [0.717, 1.165) is 36.5 Å². The Balaban J connectivity index is 1.94. The summed E-state index contributed by atoms with van der Waals surface area (Å²) >= 11 is 1.57. The zero-order valence-electron chi connectivity index (χ0n) is 8.99. The van der Waals surface area contributed by atoms with Crippen LogP contribution in [0.2, 0.25) is 0 Å². The van der Waals surface area contributed by atoms with Crippen LogP contribution in [-0.4, -0.2) is 19.0 Å². The van der Waals surface area contributed by atoms with Crippen LogP contribution in [0.5, 0.6) is 0 Å². The van der Waals surface area contributed by atoms with Gasteiger partial charge in [-0.3, -0.25) is 4.79 Å². The molecule has 1 aliphatic rings. The molecule has 1 aliphatic heterocycles. The zero-order valence-corrected chi connectivity index (χ0v) is 9.81. The van der Waals surface area contributed by atoms with Crippen LogP contribution in [0.15, 0.2) is 11.4 Å². The number of aryl methyl sites for hydroxylation is 1. The average molecular weight is 224 g/mol. The van der Waals surface area contributed by atoms with Crippen LogP contribution in [0.4, 0.5) is 0 Å². The second-order valence-corrected chi connectivity index (χ2v) is 5.03. The number of carbonyl (C=O) groups excluding carboxylic acids is 1. The number of rotatable bonds is 3. The van der Waals surface area contributed by atoms with Crippen molar-refractivity contribution in [2.75, 3.05) is 13.2 Å². The van der Waals surface area contributed by atoms with Gasteiger partial charge < -0.3 is 4.74 Å². The molecule has 1 aromatic heterocycles. The highest BCUT2D eigenvalue weighted by Crippen LogP contribution is 2.24. The van der Waals surface area contributed by atoms with Crippen LogP contribution >= 0.6 is 11.3 Å². The highest BCUT2D eigenvalue weighted by molar-refractivity contribution is 7.12. The van der Waals surface area contributed by atoms with E-state index in [2.05, 4.69) is 0 Å². The monoisotopic (exact) mass is 224 g/mol. The number of ether oxygens (including phenoxy) is 1. The van der Waals surface area contributed by atoms with Crippen LogP contribution in [0.25, 0.3) is 0 Å². The fraction of sp³-hybridized carbons (Fsp3) is 0.583. The normalized spacial score (nSPS) is 17.9. The summed E-state index contributed by atoms with van der Waals surface area (Å²) in [5.74, 6) is 0.849. The summed E-state index contributed by atoms with van der Waals surface area (Å²) < 4.78 is 5.29. The maximum absolute atomic E-state index is 12.0. The Labute approximate surface area is 94.3 Å². The molecule has 2 heterocycles. The van der Waals surface area contributed by atoms with E-state index in [9.17, 15) is 4.79 Å². The molecule has 0 N–H and O–H groups in total. The van der Waals surface area contributed by atoms with Gasteiger partial charge >= 0.3 is 0 Å². The lowest BCUT2D eigenvalue weighted by atomic mass is 9.93. The number of ketones is 1. The molecule has 0 aromatic carbocycles. The van der Waals surface area contributed by atoms with Crippen molar-refractivity contribution in [3.63, 3.8) is 0 Å². The molecule has 15 heavy (non-hydrogen) atoms. The van der Waals surface area contributed by atoms with Gasteiger partial charge in [-0.1, -0.05) is 0 Å². The van der Waals surface area contributed by atoms with Crippen LogP contribution in [0, 0.1) is 12.8 Å². The Kier molecular flexibility index (Phi) is 3.54. The first kappa shape index (κ1) is 10.8. The molecule has 0 saturated carbocycles. The first-order valence-electron chi connectivity index (χ1n) is 5.42. The first-order chi connectivity index (χ1) is 7.27. The molecule has 0 atom stereocenters. The molecule has 0 radical (unpaired) electrons. The van der Waals surface area contributed by atoms with Crippen molar-refractivity contribution in [2.45, 2.75) is 26.2 Å². The molecule has 1 saturated heterocycles. The number of hydrogen-bond acceptors (Lipinski definition) is 3. The molecular weight excluding hydrogens is 208 g/mol. The number of Topliss-reactive ketones (excluding diaryl/α,β-unsaturated/α-hetero) is 1. The van der Waals surface area contributed by atoms with Gasteiger partial charge in [-0.25, -0.2) is 0 Å². The Hall–Kier alpha value is -0.670. The molecule has 0 unspecified atom stereocenters. The maximum atomic E-state index is 12.0. The highest BCUT2D eigenvalue weighted by Gasteiger charge is 2.19. The van der Waals surface area contributed by atoms with E-state index in [1.54, 1.807) is 11.3 Å². The molecule has 3 heteroatoms. The molecule has 0 aliphatic carbocycles. The fourth-order valence-electron chi connectivity index (χ4n) is 1.96. The van der Waals surface area contributed by atoms with Gasteiger partial charge in [0.1, 0.15) is 0 Å². The van der Waals surface area contributed by atoms with Crippen LogP contribution in [-0.2, 0) is 4.74 Å². The lowest BCUT2D eigenvalue weighted by Crippen LogP contribution is -2.18. The largest absolute Gasteiger partial charge is 0.381 e. The number of hydrogen-bond donors (Lipinski definition) is 0. The minimum Gasteiger partial charge on any atom is -0.381 e. The number of thiophene rings is 1. The lowest BCUT2D eigenvalue weighted by molar-refractivity contribution is 0.0602. The SMILES string of the molecule is Cc1ccsc1C(=O)CC1CCOCC1. The van der Waals surface area contributed by atoms with E-state index in [0.29, 0.717) is 18.1 Å². The van der Waals surface area contributed by atoms with Crippen molar-refractivity contribution in [3.8, 4) is 0 Å². The van der Waals surface area contributed by atoms with Crippen molar-refractivity contribution >= 4 is 17.1 Å². The Morgan fingerprint density at radius 3 is 2.87 bits per heavy atom. The standard InChI is InChI=1S/C12H16O2S/c1-9-4-7-15-12(9)11(13)8-10-2-5-14-6-3-10/h4,7,10H,2-3,5-6,8H2,1H3. The summed E-state index contributed by atoms with van der Waals surface area (Å²) in [5.41, 5.74) is 1.12. The predicted molar refractivity (Wildman–Crippen MR) is 61.5 cm³/mol. The predicted octanol–water partition coefficient (Wildman–Crippen LogP) is 3.06. The quantitative estimate of drug-likeness (QED) is 0.738. The maximum Gasteiger partial charge on any atom is 0.173 e. The summed E-state index contributed by atoms with van der Waals surface area (Å²) in [4.78, 5) is 12.9. The van der Waals surface area contributed by atoms with E-state index < -0.39 is 0 Å². The molecule has 82 valence electrons. The lowest BCUT2D eigenvalue weighted by Gasteiger charge is -2.20. The van der Waals surface area contributed by atoms with Crippen molar-refractivity contribution in [3.05, 3.63) is 21.9 Å². The van der Waals surface area contributed by atoms with E-state index >= 15 is 0 Å². The molecule has 0 bridgehead atoms. The van der Waals surface area contributed by atoms with Gasteiger partial charge in [0.25, 0.3) is 0 Å². The summed E-state index contributed by atoms with van der Waals surface area (Å²) in [6.07, 6.45) is 2.77. The Morgan fingerprint density at radius 1 is 1.53 bits per heavy atom. The smallest absolute Gasteiger partial charge is 0.173 e. The van der Waals surface area contributed by atoms with Crippen LogP contribution in [0.1, 0.15) is 34.5 Å². The molecule has 0 amide bonds. The van der Waals surface area contributed by atoms with E-state index in [1.807, 2.05) is 18.4 Å².